The predicted octanol–water partition coefficient (Wildman–Crippen LogP) is 2.84. The lowest BCUT2D eigenvalue weighted by molar-refractivity contribution is 0.0953. The molecule has 0 heterocycles. The molecule has 1 rings (SSSR count). The van der Waals surface area contributed by atoms with E-state index in [1.807, 2.05) is 0 Å². The smallest absolute Gasteiger partial charge is 0.252 e. The third kappa shape index (κ3) is 3.74. The van der Waals surface area contributed by atoms with Gasteiger partial charge in [-0.3, -0.25) is 4.79 Å². The summed E-state index contributed by atoms with van der Waals surface area (Å²) in [7, 11) is 0. The Balaban J connectivity index is 2.55. The number of rotatable bonds is 5. The van der Waals surface area contributed by atoms with E-state index in [0.29, 0.717) is 22.8 Å². The SMILES string of the molecule is CCCCCNC(=O)c1cc(N)ccc1Cl. The van der Waals surface area contributed by atoms with Gasteiger partial charge in [0.25, 0.3) is 5.91 Å². The van der Waals surface area contributed by atoms with Crippen molar-refractivity contribution in [2.24, 2.45) is 0 Å². The van der Waals surface area contributed by atoms with E-state index in [0.717, 1.165) is 19.3 Å². The molecule has 0 unspecified atom stereocenters. The van der Waals surface area contributed by atoms with E-state index in [-0.39, 0.29) is 5.91 Å². The fraction of sp³-hybridized carbons (Fsp3) is 0.417. The van der Waals surface area contributed by atoms with Crippen molar-refractivity contribution in [1.82, 2.24) is 5.32 Å². The topological polar surface area (TPSA) is 55.1 Å². The first-order chi connectivity index (χ1) is 7.65. The molecule has 88 valence electrons. The summed E-state index contributed by atoms with van der Waals surface area (Å²) < 4.78 is 0. The van der Waals surface area contributed by atoms with Crippen LogP contribution in [0.15, 0.2) is 18.2 Å². The van der Waals surface area contributed by atoms with Gasteiger partial charge in [0.05, 0.1) is 10.6 Å². The molecule has 0 spiro atoms. The van der Waals surface area contributed by atoms with Crippen LogP contribution in [0.25, 0.3) is 0 Å². The number of carbonyl (C=O) groups is 1. The van der Waals surface area contributed by atoms with E-state index in [1.165, 1.54) is 0 Å². The zero-order valence-electron chi connectivity index (χ0n) is 9.42. The third-order valence-corrected chi connectivity index (χ3v) is 2.63. The fourth-order valence-electron chi connectivity index (χ4n) is 1.39. The average molecular weight is 241 g/mol. The molecule has 0 radical (unpaired) electrons. The highest BCUT2D eigenvalue weighted by Gasteiger charge is 2.09. The lowest BCUT2D eigenvalue weighted by atomic mass is 10.2. The van der Waals surface area contributed by atoms with Gasteiger partial charge in [0, 0.05) is 12.2 Å². The first kappa shape index (κ1) is 12.8. The van der Waals surface area contributed by atoms with Gasteiger partial charge in [-0.15, -0.1) is 0 Å². The van der Waals surface area contributed by atoms with Crippen molar-refractivity contribution in [2.45, 2.75) is 26.2 Å². The highest BCUT2D eigenvalue weighted by molar-refractivity contribution is 6.34. The van der Waals surface area contributed by atoms with Gasteiger partial charge in [-0.25, -0.2) is 0 Å². The fourth-order valence-corrected chi connectivity index (χ4v) is 1.59. The van der Waals surface area contributed by atoms with Crippen LogP contribution in [-0.4, -0.2) is 12.5 Å². The number of carbonyl (C=O) groups excluding carboxylic acids is 1. The van der Waals surface area contributed by atoms with Gasteiger partial charge in [-0.05, 0) is 24.6 Å². The number of unbranched alkanes of at least 4 members (excludes halogenated alkanes) is 2. The quantitative estimate of drug-likeness (QED) is 0.614. The number of nitrogens with two attached hydrogens (primary N) is 1. The maximum Gasteiger partial charge on any atom is 0.252 e. The highest BCUT2D eigenvalue weighted by Crippen LogP contribution is 2.18. The average Bonchev–Trinajstić information content (AvgIpc) is 2.27. The maximum atomic E-state index is 11.7. The summed E-state index contributed by atoms with van der Waals surface area (Å²) in [5.41, 5.74) is 6.59. The van der Waals surface area contributed by atoms with E-state index in [2.05, 4.69) is 12.2 Å². The van der Waals surface area contributed by atoms with E-state index >= 15 is 0 Å². The molecule has 4 heteroatoms. The molecule has 0 bridgehead atoms. The Hall–Kier alpha value is -1.22. The highest BCUT2D eigenvalue weighted by atomic mass is 35.5. The molecule has 0 fully saturated rings. The van der Waals surface area contributed by atoms with Crippen LogP contribution in [-0.2, 0) is 0 Å². The Morgan fingerprint density at radius 1 is 1.44 bits per heavy atom. The molecule has 0 atom stereocenters. The van der Waals surface area contributed by atoms with Gasteiger partial charge in [0.1, 0.15) is 0 Å². The number of anilines is 1. The molecule has 0 aromatic heterocycles. The lowest BCUT2D eigenvalue weighted by Gasteiger charge is -2.07. The molecule has 1 aromatic carbocycles. The van der Waals surface area contributed by atoms with E-state index in [4.69, 9.17) is 17.3 Å². The number of halogens is 1. The normalized spacial score (nSPS) is 10.1. The first-order valence-corrected chi connectivity index (χ1v) is 5.86. The minimum atomic E-state index is -0.159. The van der Waals surface area contributed by atoms with E-state index in [9.17, 15) is 4.79 Å². The standard InChI is InChI=1S/C12H17ClN2O/c1-2-3-4-7-15-12(16)10-8-9(14)5-6-11(10)13/h5-6,8H,2-4,7,14H2,1H3,(H,15,16). The molecular formula is C12H17ClN2O. The number of hydrogen-bond acceptors (Lipinski definition) is 2. The molecule has 0 aliphatic heterocycles. The Labute approximate surface area is 101 Å². The van der Waals surface area contributed by atoms with Gasteiger partial charge < -0.3 is 11.1 Å². The molecule has 3 N–H and O–H groups in total. The molecule has 0 aliphatic rings. The number of nitrogens with one attached hydrogen (secondary N) is 1. The second-order valence-electron chi connectivity index (χ2n) is 3.70. The van der Waals surface area contributed by atoms with Crippen LogP contribution >= 0.6 is 11.6 Å². The van der Waals surface area contributed by atoms with Crippen LogP contribution in [0.5, 0.6) is 0 Å². The molecule has 1 aromatic rings. The van der Waals surface area contributed by atoms with Crippen molar-refractivity contribution in [1.29, 1.82) is 0 Å². The molecule has 3 nitrogen and oxygen atoms in total. The van der Waals surface area contributed by atoms with Gasteiger partial charge in [-0.1, -0.05) is 31.4 Å². The molecule has 0 aliphatic carbocycles. The Bertz CT molecular complexity index is 366. The zero-order valence-corrected chi connectivity index (χ0v) is 10.2. The minimum Gasteiger partial charge on any atom is -0.399 e. The van der Waals surface area contributed by atoms with Crippen LogP contribution in [0.2, 0.25) is 5.02 Å². The number of benzene rings is 1. The summed E-state index contributed by atoms with van der Waals surface area (Å²) in [6.45, 7) is 2.80. The number of amides is 1. The van der Waals surface area contributed by atoms with Gasteiger partial charge in [0.15, 0.2) is 0 Å². The van der Waals surface area contributed by atoms with Gasteiger partial charge in [0.2, 0.25) is 0 Å². The van der Waals surface area contributed by atoms with Crippen molar-refractivity contribution in [2.75, 3.05) is 12.3 Å². The zero-order chi connectivity index (χ0) is 12.0. The Morgan fingerprint density at radius 2 is 2.19 bits per heavy atom. The lowest BCUT2D eigenvalue weighted by Crippen LogP contribution is -2.24. The summed E-state index contributed by atoms with van der Waals surface area (Å²) in [5.74, 6) is -0.159. The van der Waals surface area contributed by atoms with Crippen molar-refractivity contribution < 1.29 is 4.79 Å². The summed E-state index contributed by atoms with van der Waals surface area (Å²) in [4.78, 5) is 11.7. The van der Waals surface area contributed by atoms with Crippen molar-refractivity contribution in [3.63, 3.8) is 0 Å². The third-order valence-electron chi connectivity index (χ3n) is 2.30. The summed E-state index contributed by atoms with van der Waals surface area (Å²) in [6, 6.07) is 4.91. The van der Waals surface area contributed by atoms with Crippen molar-refractivity contribution in [3.05, 3.63) is 28.8 Å². The molecule has 0 saturated heterocycles. The maximum absolute atomic E-state index is 11.7. The minimum absolute atomic E-state index is 0.159. The summed E-state index contributed by atoms with van der Waals surface area (Å²) in [5, 5.41) is 3.26. The van der Waals surface area contributed by atoms with Crippen LogP contribution in [0.1, 0.15) is 36.5 Å². The van der Waals surface area contributed by atoms with Gasteiger partial charge >= 0.3 is 0 Å². The molecule has 1 amide bonds. The van der Waals surface area contributed by atoms with E-state index < -0.39 is 0 Å². The largest absolute Gasteiger partial charge is 0.399 e. The van der Waals surface area contributed by atoms with Crippen molar-refractivity contribution in [3.8, 4) is 0 Å². The summed E-state index contributed by atoms with van der Waals surface area (Å²) >= 11 is 5.91. The second-order valence-corrected chi connectivity index (χ2v) is 4.11. The van der Waals surface area contributed by atoms with Crippen molar-refractivity contribution >= 4 is 23.2 Å². The monoisotopic (exact) mass is 240 g/mol. The number of hydrogen-bond donors (Lipinski definition) is 2. The van der Waals surface area contributed by atoms with E-state index in [1.54, 1.807) is 18.2 Å². The first-order valence-electron chi connectivity index (χ1n) is 5.48. The van der Waals surface area contributed by atoms with Crippen LogP contribution in [0.4, 0.5) is 5.69 Å². The Kier molecular flexibility index (Phi) is 5.12. The molecular weight excluding hydrogens is 224 g/mol. The van der Waals surface area contributed by atoms with Crippen LogP contribution in [0.3, 0.4) is 0 Å². The Morgan fingerprint density at radius 3 is 2.88 bits per heavy atom. The number of nitrogen functional groups attached to an aromatic ring is 1. The van der Waals surface area contributed by atoms with Crippen LogP contribution < -0.4 is 11.1 Å². The second kappa shape index (κ2) is 6.38. The summed E-state index contributed by atoms with van der Waals surface area (Å²) in [6.07, 6.45) is 3.24. The van der Waals surface area contributed by atoms with Gasteiger partial charge in [-0.2, -0.15) is 0 Å². The molecule has 16 heavy (non-hydrogen) atoms. The van der Waals surface area contributed by atoms with Crippen LogP contribution in [0, 0.1) is 0 Å². The molecule has 0 saturated carbocycles. The predicted molar refractivity (Wildman–Crippen MR) is 67.7 cm³/mol.